The Morgan fingerprint density at radius 1 is 1.50 bits per heavy atom. The molecule has 2 heteroatoms. The Morgan fingerprint density at radius 2 is 2.17 bits per heavy atom. The van der Waals surface area contributed by atoms with Gasteiger partial charge in [-0.2, -0.15) is 0 Å². The molecule has 1 radical (unpaired) electrons. The van der Waals surface area contributed by atoms with E-state index in [0.29, 0.717) is 6.61 Å². The Hall–Kier alpha value is -0.860. The van der Waals surface area contributed by atoms with E-state index in [2.05, 4.69) is 13.0 Å². The molecule has 0 heterocycles. The zero-order valence-electron chi connectivity index (χ0n) is 7.29. The van der Waals surface area contributed by atoms with Crippen LogP contribution in [-0.2, 0) is 4.74 Å². The highest BCUT2D eigenvalue weighted by molar-refractivity contribution is 5.15. The van der Waals surface area contributed by atoms with Crippen molar-refractivity contribution in [2.75, 3.05) is 6.61 Å². The average molecular weight is 164 g/mol. The Morgan fingerprint density at radius 3 is 2.75 bits per heavy atom. The van der Waals surface area contributed by atoms with E-state index in [1.807, 2.05) is 24.3 Å². The fourth-order valence-corrected chi connectivity index (χ4v) is 0.931. The first-order valence-corrected chi connectivity index (χ1v) is 4.17. The summed E-state index contributed by atoms with van der Waals surface area (Å²) >= 11 is 0. The second kappa shape index (κ2) is 4.91. The van der Waals surface area contributed by atoms with E-state index in [9.17, 15) is 0 Å². The van der Waals surface area contributed by atoms with Crippen molar-refractivity contribution in [3.8, 4) is 0 Å². The summed E-state index contributed by atoms with van der Waals surface area (Å²) in [6.45, 7) is 2.77. The van der Waals surface area contributed by atoms with Gasteiger partial charge in [-0.1, -0.05) is 31.2 Å². The third-order valence-corrected chi connectivity index (χ3v) is 1.57. The molecule has 0 aliphatic rings. The topological polar surface area (TPSA) is 35.2 Å². The molecule has 1 unspecified atom stereocenters. The summed E-state index contributed by atoms with van der Waals surface area (Å²) in [6, 6.07) is 10.4. The van der Waals surface area contributed by atoms with E-state index < -0.39 is 0 Å². The highest BCUT2D eigenvalue weighted by atomic mass is 16.5. The molecule has 0 amide bonds. The molecular weight excluding hydrogens is 150 g/mol. The second-order valence-electron chi connectivity index (χ2n) is 2.62. The van der Waals surface area contributed by atoms with Crippen LogP contribution in [-0.4, -0.2) is 6.61 Å². The Kier molecular flexibility index (Phi) is 3.77. The van der Waals surface area contributed by atoms with Gasteiger partial charge in [-0.05, 0) is 18.1 Å². The highest BCUT2D eigenvalue weighted by Gasteiger charge is 2.02. The van der Waals surface area contributed by atoms with E-state index in [4.69, 9.17) is 10.5 Å². The van der Waals surface area contributed by atoms with Crippen molar-refractivity contribution >= 4 is 0 Å². The molecule has 0 saturated heterocycles. The van der Waals surface area contributed by atoms with Crippen molar-refractivity contribution in [1.82, 2.24) is 0 Å². The number of hydrogen-bond acceptors (Lipinski definition) is 2. The van der Waals surface area contributed by atoms with Gasteiger partial charge in [0.15, 0.2) is 0 Å². The zero-order valence-corrected chi connectivity index (χ0v) is 7.29. The normalized spacial score (nSPS) is 12.8. The van der Waals surface area contributed by atoms with Gasteiger partial charge in [-0.3, -0.25) is 0 Å². The van der Waals surface area contributed by atoms with Gasteiger partial charge in [0.25, 0.3) is 0 Å². The van der Waals surface area contributed by atoms with Crippen molar-refractivity contribution < 1.29 is 4.74 Å². The van der Waals surface area contributed by atoms with Crippen LogP contribution in [0, 0.1) is 6.07 Å². The third-order valence-electron chi connectivity index (χ3n) is 1.57. The minimum atomic E-state index is -0.292. The van der Waals surface area contributed by atoms with Crippen LogP contribution >= 0.6 is 0 Å². The summed E-state index contributed by atoms with van der Waals surface area (Å²) in [5, 5.41) is 0. The molecule has 0 bridgehead atoms. The fourth-order valence-electron chi connectivity index (χ4n) is 0.931. The molecule has 0 fully saturated rings. The largest absolute Gasteiger partial charge is 0.359 e. The van der Waals surface area contributed by atoms with Crippen molar-refractivity contribution in [1.29, 1.82) is 0 Å². The van der Waals surface area contributed by atoms with Gasteiger partial charge in [0.2, 0.25) is 0 Å². The van der Waals surface area contributed by atoms with Gasteiger partial charge in [-0.15, -0.1) is 0 Å². The van der Waals surface area contributed by atoms with Crippen LogP contribution in [0.4, 0.5) is 0 Å². The van der Waals surface area contributed by atoms with Gasteiger partial charge < -0.3 is 10.5 Å². The maximum atomic E-state index is 5.74. The van der Waals surface area contributed by atoms with E-state index in [-0.39, 0.29) is 6.23 Å². The quantitative estimate of drug-likeness (QED) is 0.689. The summed E-state index contributed by atoms with van der Waals surface area (Å²) in [7, 11) is 0. The van der Waals surface area contributed by atoms with Gasteiger partial charge in [0, 0.05) is 6.61 Å². The molecule has 0 saturated carbocycles. The molecule has 65 valence electrons. The first kappa shape index (κ1) is 9.23. The maximum Gasteiger partial charge on any atom is 0.131 e. The van der Waals surface area contributed by atoms with Gasteiger partial charge in [0.1, 0.15) is 6.23 Å². The van der Waals surface area contributed by atoms with E-state index >= 15 is 0 Å². The van der Waals surface area contributed by atoms with Crippen molar-refractivity contribution in [2.24, 2.45) is 5.73 Å². The summed E-state index contributed by atoms with van der Waals surface area (Å²) < 4.78 is 5.34. The molecule has 1 aromatic rings. The second-order valence-corrected chi connectivity index (χ2v) is 2.62. The molecular formula is C10H14NO. The van der Waals surface area contributed by atoms with Crippen molar-refractivity contribution in [2.45, 2.75) is 19.6 Å². The lowest BCUT2D eigenvalue weighted by molar-refractivity contribution is 0.0577. The van der Waals surface area contributed by atoms with Gasteiger partial charge in [-0.25, -0.2) is 0 Å². The number of ether oxygens (including phenoxy) is 1. The van der Waals surface area contributed by atoms with Crippen molar-refractivity contribution in [3.05, 3.63) is 35.9 Å². The monoisotopic (exact) mass is 164 g/mol. The molecule has 0 aromatic heterocycles. The molecule has 2 nitrogen and oxygen atoms in total. The minimum Gasteiger partial charge on any atom is -0.359 e. The molecule has 12 heavy (non-hydrogen) atoms. The standard InChI is InChI=1S/C10H14NO/c1-2-8-12-10(11)9-6-4-3-5-7-9/h4-7,10H,2,8,11H2,1H3. The predicted octanol–water partition coefficient (Wildman–Crippen LogP) is 1.87. The zero-order chi connectivity index (χ0) is 8.81. The summed E-state index contributed by atoms with van der Waals surface area (Å²) in [6.07, 6.45) is 0.701. The third kappa shape index (κ3) is 2.64. The van der Waals surface area contributed by atoms with E-state index in [0.717, 1.165) is 12.0 Å². The van der Waals surface area contributed by atoms with Gasteiger partial charge in [0.05, 0.1) is 0 Å². The molecule has 2 N–H and O–H groups in total. The number of hydrogen-bond donors (Lipinski definition) is 1. The van der Waals surface area contributed by atoms with Crippen LogP contribution in [0.1, 0.15) is 25.1 Å². The molecule has 1 atom stereocenters. The lowest BCUT2D eigenvalue weighted by Crippen LogP contribution is -2.14. The van der Waals surface area contributed by atoms with Crippen LogP contribution in [0.2, 0.25) is 0 Å². The minimum absolute atomic E-state index is 0.292. The average Bonchev–Trinajstić information content (AvgIpc) is 2.15. The Labute approximate surface area is 73.3 Å². The first-order valence-electron chi connectivity index (χ1n) is 4.17. The van der Waals surface area contributed by atoms with Gasteiger partial charge >= 0.3 is 0 Å². The summed E-state index contributed by atoms with van der Waals surface area (Å²) in [5.41, 5.74) is 6.75. The van der Waals surface area contributed by atoms with Crippen LogP contribution in [0.3, 0.4) is 0 Å². The summed E-state index contributed by atoms with van der Waals surface area (Å²) in [5.74, 6) is 0. The predicted molar refractivity (Wildman–Crippen MR) is 48.4 cm³/mol. The molecule has 0 aliphatic carbocycles. The maximum absolute atomic E-state index is 5.74. The number of nitrogens with two attached hydrogens (primary N) is 1. The van der Waals surface area contributed by atoms with Crippen LogP contribution in [0.25, 0.3) is 0 Å². The van der Waals surface area contributed by atoms with Crippen LogP contribution in [0.5, 0.6) is 0 Å². The lowest BCUT2D eigenvalue weighted by atomic mass is 10.2. The molecule has 1 rings (SSSR count). The Bertz CT molecular complexity index is 210. The number of rotatable bonds is 4. The smallest absolute Gasteiger partial charge is 0.131 e. The molecule has 0 aliphatic heterocycles. The Balaban J connectivity index is 2.48. The highest BCUT2D eigenvalue weighted by Crippen LogP contribution is 2.10. The molecule has 1 aromatic carbocycles. The first-order chi connectivity index (χ1) is 5.84. The number of benzene rings is 1. The molecule has 0 spiro atoms. The fraction of sp³-hybridized carbons (Fsp3) is 0.400. The van der Waals surface area contributed by atoms with Crippen molar-refractivity contribution in [3.63, 3.8) is 0 Å². The summed E-state index contributed by atoms with van der Waals surface area (Å²) in [4.78, 5) is 0. The van der Waals surface area contributed by atoms with Crippen LogP contribution < -0.4 is 5.73 Å². The SMILES string of the molecule is CCCOC(N)c1cc[c]cc1. The lowest BCUT2D eigenvalue weighted by Gasteiger charge is -2.11. The van der Waals surface area contributed by atoms with E-state index in [1.165, 1.54) is 0 Å². The van der Waals surface area contributed by atoms with E-state index in [1.54, 1.807) is 0 Å². The van der Waals surface area contributed by atoms with Crippen LogP contribution in [0.15, 0.2) is 24.3 Å².